The van der Waals surface area contributed by atoms with Gasteiger partial charge in [0.2, 0.25) is 0 Å². The molecule has 0 saturated heterocycles. The Morgan fingerprint density at radius 3 is 2.93 bits per heavy atom. The molecule has 4 aromatic heterocycles. The van der Waals surface area contributed by atoms with Crippen LogP contribution >= 0.6 is 23.1 Å². The van der Waals surface area contributed by atoms with Gasteiger partial charge in [0, 0.05) is 41.4 Å². The zero-order chi connectivity index (χ0) is 20.9. The van der Waals surface area contributed by atoms with E-state index in [0.29, 0.717) is 16.3 Å². The number of aromatic nitrogens is 4. The van der Waals surface area contributed by atoms with Gasteiger partial charge < -0.3 is 9.84 Å². The molecule has 1 atom stereocenters. The molecule has 0 spiro atoms. The van der Waals surface area contributed by atoms with Gasteiger partial charge in [-0.3, -0.25) is 9.78 Å². The van der Waals surface area contributed by atoms with E-state index in [-0.39, 0.29) is 11.9 Å². The molecule has 0 radical (unpaired) electrons. The van der Waals surface area contributed by atoms with E-state index in [4.69, 9.17) is 4.52 Å². The van der Waals surface area contributed by atoms with Gasteiger partial charge in [-0.25, -0.2) is 9.97 Å². The summed E-state index contributed by atoms with van der Waals surface area (Å²) in [7, 11) is 0. The van der Waals surface area contributed by atoms with Gasteiger partial charge in [0.1, 0.15) is 15.8 Å². The maximum Gasteiger partial charge on any atom is 0.254 e. The summed E-state index contributed by atoms with van der Waals surface area (Å²) in [4.78, 5) is 26.1. The number of rotatable bonds is 7. The maximum atomic E-state index is 12.9. The zero-order valence-electron chi connectivity index (χ0n) is 16.4. The molecule has 0 aliphatic rings. The topological polar surface area (TPSA) is 93.8 Å². The number of hydrogen-bond donors (Lipinski definition) is 1. The number of nitrogens with zero attached hydrogens (tertiary/aromatic N) is 4. The first kappa shape index (κ1) is 20.2. The Labute approximate surface area is 182 Å². The highest BCUT2D eigenvalue weighted by molar-refractivity contribution is 7.98. The second-order valence-corrected chi connectivity index (χ2v) is 8.44. The molecule has 1 amide bonds. The summed E-state index contributed by atoms with van der Waals surface area (Å²) in [5.74, 6) is 1.14. The molecule has 0 aliphatic heterocycles. The minimum Gasteiger partial charge on any atom is -0.361 e. The maximum absolute atomic E-state index is 12.9. The van der Waals surface area contributed by atoms with E-state index in [1.807, 2.05) is 37.4 Å². The van der Waals surface area contributed by atoms with Crippen molar-refractivity contribution < 1.29 is 9.32 Å². The molecular weight excluding hydrogens is 418 g/mol. The normalized spacial score (nSPS) is 11.9. The van der Waals surface area contributed by atoms with E-state index in [2.05, 4.69) is 25.4 Å². The predicted molar refractivity (Wildman–Crippen MR) is 116 cm³/mol. The molecule has 0 fully saturated rings. The van der Waals surface area contributed by atoms with Crippen molar-refractivity contribution >= 4 is 29.0 Å². The number of carbonyl (C=O) groups is 1. The van der Waals surface area contributed by atoms with Crippen molar-refractivity contribution in [3.63, 3.8) is 0 Å². The van der Waals surface area contributed by atoms with Crippen LogP contribution in [-0.4, -0.2) is 26.0 Å². The Morgan fingerprint density at radius 2 is 2.17 bits per heavy atom. The SMILES string of the molecule is Cc1cc(CSc2ncccc2C(=O)NC(C)c2nc(-c3cccnc3)cs2)no1. The summed E-state index contributed by atoms with van der Waals surface area (Å²) in [6, 6.07) is 9.01. The molecular formula is C21H19N5O2S2. The molecule has 0 bridgehead atoms. The van der Waals surface area contributed by atoms with Gasteiger partial charge in [-0.05, 0) is 38.1 Å². The number of carbonyl (C=O) groups excluding carboxylic acids is 1. The standard InChI is InChI=1S/C21H19N5O2S2/c1-13-9-16(26-28-13)11-29-21-17(6-4-8-23-21)19(27)24-14(2)20-25-18(12-30-20)15-5-3-7-22-10-15/h3-10,12,14H,11H2,1-2H3,(H,24,27). The molecule has 0 saturated carbocycles. The van der Waals surface area contributed by atoms with Crippen LogP contribution in [0.2, 0.25) is 0 Å². The van der Waals surface area contributed by atoms with E-state index in [1.165, 1.54) is 23.1 Å². The second-order valence-electron chi connectivity index (χ2n) is 6.58. The first-order chi connectivity index (χ1) is 14.6. The fourth-order valence-electron chi connectivity index (χ4n) is 2.78. The Hall–Kier alpha value is -3.04. The van der Waals surface area contributed by atoms with Crippen LogP contribution in [0.15, 0.2) is 63.9 Å². The lowest BCUT2D eigenvalue weighted by molar-refractivity contribution is 0.0936. The fourth-order valence-corrected chi connectivity index (χ4v) is 4.48. The highest BCUT2D eigenvalue weighted by Gasteiger charge is 2.18. The summed E-state index contributed by atoms with van der Waals surface area (Å²) in [5, 5.41) is 10.5. The van der Waals surface area contributed by atoms with Crippen LogP contribution in [0.25, 0.3) is 11.3 Å². The van der Waals surface area contributed by atoms with Gasteiger partial charge in [-0.2, -0.15) is 0 Å². The lowest BCUT2D eigenvalue weighted by atomic mass is 10.2. The van der Waals surface area contributed by atoms with Crippen LogP contribution in [0, 0.1) is 6.92 Å². The van der Waals surface area contributed by atoms with Crippen molar-refractivity contribution in [1.82, 2.24) is 25.4 Å². The highest BCUT2D eigenvalue weighted by Crippen LogP contribution is 2.27. The predicted octanol–water partition coefficient (Wildman–Crippen LogP) is 4.68. The fraction of sp³-hybridized carbons (Fsp3) is 0.190. The van der Waals surface area contributed by atoms with E-state index in [1.54, 1.807) is 30.7 Å². The van der Waals surface area contributed by atoms with Gasteiger partial charge in [0.05, 0.1) is 23.0 Å². The Kier molecular flexibility index (Phi) is 6.20. The average Bonchev–Trinajstić information content (AvgIpc) is 3.42. The quantitative estimate of drug-likeness (QED) is 0.420. The number of aryl methyl sites for hydroxylation is 1. The summed E-state index contributed by atoms with van der Waals surface area (Å²) >= 11 is 2.96. The zero-order valence-corrected chi connectivity index (χ0v) is 18.0. The molecule has 4 rings (SSSR count). The molecule has 7 nitrogen and oxygen atoms in total. The summed E-state index contributed by atoms with van der Waals surface area (Å²) in [6.07, 6.45) is 5.18. The van der Waals surface area contributed by atoms with Crippen molar-refractivity contribution in [2.24, 2.45) is 0 Å². The molecule has 4 heterocycles. The number of nitrogens with one attached hydrogen (secondary N) is 1. The third kappa shape index (κ3) is 4.74. The number of hydrogen-bond acceptors (Lipinski definition) is 8. The molecule has 4 aromatic rings. The van der Waals surface area contributed by atoms with Crippen molar-refractivity contribution in [2.75, 3.05) is 0 Å². The van der Waals surface area contributed by atoms with Crippen LogP contribution < -0.4 is 5.32 Å². The van der Waals surface area contributed by atoms with E-state index in [9.17, 15) is 4.79 Å². The second kappa shape index (κ2) is 9.19. The van der Waals surface area contributed by atoms with Gasteiger partial charge in [-0.15, -0.1) is 11.3 Å². The molecule has 0 aliphatic carbocycles. The van der Waals surface area contributed by atoms with Gasteiger partial charge in [-0.1, -0.05) is 16.9 Å². The Bertz CT molecular complexity index is 1140. The van der Waals surface area contributed by atoms with E-state index in [0.717, 1.165) is 27.7 Å². The minimum absolute atomic E-state index is 0.187. The molecule has 30 heavy (non-hydrogen) atoms. The first-order valence-corrected chi connectivity index (χ1v) is 11.1. The first-order valence-electron chi connectivity index (χ1n) is 9.27. The van der Waals surface area contributed by atoms with Gasteiger partial charge in [0.15, 0.2) is 0 Å². The van der Waals surface area contributed by atoms with Crippen LogP contribution in [0.3, 0.4) is 0 Å². The third-order valence-electron chi connectivity index (χ3n) is 4.25. The lowest BCUT2D eigenvalue weighted by Gasteiger charge is -2.13. The molecule has 9 heteroatoms. The lowest BCUT2D eigenvalue weighted by Crippen LogP contribution is -2.27. The summed E-state index contributed by atoms with van der Waals surface area (Å²) in [6.45, 7) is 3.77. The minimum atomic E-state index is -0.232. The van der Waals surface area contributed by atoms with Crippen molar-refractivity contribution in [1.29, 1.82) is 0 Å². The third-order valence-corrected chi connectivity index (χ3v) is 6.31. The molecule has 1 unspecified atom stereocenters. The largest absolute Gasteiger partial charge is 0.361 e. The average molecular weight is 438 g/mol. The number of thiazole rings is 1. The Balaban J connectivity index is 1.44. The van der Waals surface area contributed by atoms with E-state index >= 15 is 0 Å². The van der Waals surface area contributed by atoms with Gasteiger partial charge >= 0.3 is 0 Å². The monoisotopic (exact) mass is 437 g/mol. The van der Waals surface area contributed by atoms with Crippen molar-refractivity contribution in [3.8, 4) is 11.3 Å². The highest BCUT2D eigenvalue weighted by atomic mass is 32.2. The van der Waals surface area contributed by atoms with Crippen molar-refractivity contribution in [2.45, 2.75) is 30.7 Å². The number of amides is 1. The van der Waals surface area contributed by atoms with Crippen LogP contribution in [-0.2, 0) is 5.75 Å². The van der Waals surface area contributed by atoms with E-state index < -0.39 is 0 Å². The summed E-state index contributed by atoms with van der Waals surface area (Å²) < 4.78 is 5.09. The summed E-state index contributed by atoms with van der Waals surface area (Å²) in [5.41, 5.74) is 3.14. The Morgan fingerprint density at radius 1 is 1.30 bits per heavy atom. The number of pyridine rings is 2. The van der Waals surface area contributed by atoms with Crippen LogP contribution in [0.4, 0.5) is 0 Å². The molecule has 0 aromatic carbocycles. The number of thioether (sulfide) groups is 1. The van der Waals surface area contributed by atoms with Crippen LogP contribution in [0.1, 0.15) is 39.8 Å². The van der Waals surface area contributed by atoms with Gasteiger partial charge in [0.25, 0.3) is 5.91 Å². The molecule has 1 N–H and O–H groups in total. The van der Waals surface area contributed by atoms with Crippen LogP contribution in [0.5, 0.6) is 0 Å². The van der Waals surface area contributed by atoms with Crippen molar-refractivity contribution in [3.05, 3.63) is 76.3 Å². The molecule has 152 valence electrons. The smallest absolute Gasteiger partial charge is 0.254 e.